The normalized spacial score (nSPS) is 13.6. The minimum Gasteiger partial charge on any atom is -0.456 e. The third-order valence-electron chi connectivity index (χ3n) is 12.1. The lowest BCUT2D eigenvalue weighted by molar-refractivity contribution is 0.660. The first-order chi connectivity index (χ1) is 26.0. The van der Waals surface area contributed by atoms with Crippen LogP contribution in [0.25, 0.3) is 104 Å². The Kier molecular flexibility index (Phi) is 5.60. The zero-order valence-electron chi connectivity index (χ0n) is 29.4. The Morgan fingerprint density at radius 2 is 1.04 bits per heavy atom. The van der Waals surface area contributed by atoms with E-state index in [1.54, 1.807) is 0 Å². The SMILES string of the molecule is CC1(C)c2ccccc2-c2ccc(-c3cc(-c4ccccc4)cc(-n4c5cccc6c7ccccc7c7cccc8oc9ccc4c(c9c87)c65)c3)cc21. The standard InChI is InChI=1S/C51H33NO/c1-51(2)41-19-9-8-16-37(41)38-23-22-31(29-42(38)51)33-26-32(30-12-4-3-5-13-30)27-34(28-33)52-43-20-10-17-39-35-14-6-7-15-36(35)40-18-11-21-45-48(40)50-46(53-45)25-24-44(52)49(50)47(39)43/h3-29H,1-2H3. The average Bonchev–Trinajstić information content (AvgIpc) is 3.83. The van der Waals surface area contributed by atoms with Crippen LogP contribution in [-0.2, 0) is 5.41 Å². The van der Waals surface area contributed by atoms with Gasteiger partial charge in [0.15, 0.2) is 0 Å². The van der Waals surface area contributed by atoms with Gasteiger partial charge in [-0.15, -0.1) is 0 Å². The summed E-state index contributed by atoms with van der Waals surface area (Å²) < 4.78 is 9.12. The van der Waals surface area contributed by atoms with Crippen molar-refractivity contribution in [1.82, 2.24) is 4.57 Å². The van der Waals surface area contributed by atoms with Crippen molar-refractivity contribution in [3.63, 3.8) is 0 Å². The lowest BCUT2D eigenvalue weighted by Gasteiger charge is -2.22. The van der Waals surface area contributed by atoms with Gasteiger partial charge < -0.3 is 8.98 Å². The van der Waals surface area contributed by atoms with Gasteiger partial charge in [0.05, 0.1) is 11.0 Å². The first-order valence-electron chi connectivity index (χ1n) is 18.5. The maximum atomic E-state index is 6.63. The van der Waals surface area contributed by atoms with Gasteiger partial charge in [-0.2, -0.15) is 0 Å². The number of nitrogens with zero attached hydrogens (tertiary/aromatic N) is 1. The molecule has 2 aromatic heterocycles. The summed E-state index contributed by atoms with van der Waals surface area (Å²) in [7, 11) is 0. The maximum Gasteiger partial charge on any atom is 0.136 e. The van der Waals surface area contributed by atoms with E-state index in [4.69, 9.17) is 4.42 Å². The largest absolute Gasteiger partial charge is 0.456 e. The van der Waals surface area contributed by atoms with E-state index in [9.17, 15) is 0 Å². The van der Waals surface area contributed by atoms with Crippen LogP contribution < -0.4 is 0 Å². The van der Waals surface area contributed by atoms with Crippen LogP contribution in [0, 0.1) is 0 Å². The lowest BCUT2D eigenvalue weighted by atomic mass is 9.81. The lowest BCUT2D eigenvalue weighted by Crippen LogP contribution is -2.14. The fraction of sp³-hybridized carbons (Fsp3) is 0.0588. The summed E-state index contributed by atoms with van der Waals surface area (Å²) in [6.45, 7) is 4.72. The van der Waals surface area contributed by atoms with E-state index in [0.717, 1.165) is 16.9 Å². The Balaban J connectivity index is 1.20. The first-order valence-corrected chi connectivity index (χ1v) is 18.5. The monoisotopic (exact) mass is 675 g/mol. The molecule has 248 valence electrons. The minimum atomic E-state index is -0.0782. The van der Waals surface area contributed by atoms with Crippen molar-refractivity contribution >= 4 is 65.3 Å². The molecule has 12 rings (SSSR count). The molecule has 0 radical (unpaired) electrons. The third-order valence-corrected chi connectivity index (χ3v) is 12.1. The van der Waals surface area contributed by atoms with E-state index in [-0.39, 0.29) is 5.41 Å². The molecular formula is C51H33NO. The van der Waals surface area contributed by atoms with Crippen LogP contribution in [0.4, 0.5) is 0 Å². The Hall–Kier alpha value is -6.64. The highest BCUT2D eigenvalue weighted by atomic mass is 16.3. The molecule has 0 fully saturated rings. The predicted molar refractivity (Wildman–Crippen MR) is 223 cm³/mol. The summed E-state index contributed by atoms with van der Waals surface area (Å²) in [5.74, 6) is 0. The second-order valence-corrected chi connectivity index (χ2v) is 15.3. The molecular weight excluding hydrogens is 643 g/mol. The van der Waals surface area contributed by atoms with E-state index in [0.29, 0.717) is 0 Å². The van der Waals surface area contributed by atoms with Crippen molar-refractivity contribution in [3.05, 3.63) is 175 Å². The summed E-state index contributed by atoms with van der Waals surface area (Å²) >= 11 is 0. The van der Waals surface area contributed by atoms with E-state index in [1.165, 1.54) is 98.6 Å². The maximum absolute atomic E-state index is 6.63. The van der Waals surface area contributed by atoms with E-state index >= 15 is 0 Å². The molecule has 0 saturated carbocycles. The minimum absolute atomic E-state index is 0.0782. The van der Waals surface area contributed by atoms with Gasteiger partial charge in [0, 0.05) is 32.6 Å². The highest BCUT2D eigenvalue weighted by Crippen LogP contribution is 2.51. The third kappa shape index (κ3) is 3.82. The molecule has 0 saturated heterocycles. The smallest absolute Gasteiger partial charge is 0.136 e. The molecule has 2 nitrogen and oxygen atoms in total. The summed E-state index contributed by atoms with van der Waals surface area (Å²) in [4.78, 5) is 0. The molecule has 0 bridgehead atoms. The van der Waals surface area contributed by atoms with Gasteiger partial charge in [0.25, 0.3) is 0 Å². The molecule has 2 heteroatoms. The van der Waals surface area contributed by atoms with E-state index in [1.807, 2.05) is 0 Å². The number of aromatic nitrogens is 1. The van der Waals surface area contributed by atoms with Crippen LogP contribution in [0.15, 0.2) is 168 Å². The number of hydrogen-bond acceptors (Lipinski definition) is 1. The molecule has 0 N–H and O–H groups in total. The highest BCUT2D eigenvalue weighted by Gasteiger charge is 2.35. The Bertz CT molecular complexity index is 3300. The number of benzene rings is 8. The molecule has 53 heavy (non-hydrogen) atoms. The van der Waals surface area contributed by atoms with Gasteiger partial charge in [-0.05, 0) is 115 Å². The zero-order valence-corrected chi connectivity index (χ0v) is 29.4. The molecule has 1 aliphatic rings. The molecule has 0 amide bonds. The highest BCUT2D eigenvalue weighted by molar-refractivity contribution is 6.38. The van der Waals surface area contributed by atoms with Crippen LogP contribution in [-0.4, -0.2) is 4.57 Å². The summed E-state index contributed by atoms with van der Waals surface area (Å²) in [6.07, 6.45) is 0. The van der Waals surface area contributed by atoms with Crippen LogP contribution in [0.1, 0.15) is 25.0 Å². The summed E-state index contributed by atoms with van der Waals surface area (Å²) in [6, 6.07) is 60.5. The predicted octanol–water partition coefficient (Wildman–Crippen LogP) is 14.1. The Morgan fingerprint density at radius 1 is 0.396 bits per heavy atom. The topological polar surface area (TPSA) is 18.1 Å². The van der Waals surface area contributed by atoms with Gasteiger partial charge in [-0.3, -0.25) is 0 Å². The zero-order chi connectivity index (χ0) is 35.0. The quantitative estimate of drug-likeness (QED) is 0.182. The molecule has 11 aromatic rings. The first kappa shape index (κ1) is 29.0. The van der Waals surface area contributed by atoms with E-state index < -0.39 is 0 Å². The second kappa shape index (κ2) is 10.2. The summed E-state index contributed by atoms with van der Waals surface area (Å²) in [5.41, 5.74) is 15.6. The molecule has 0 aliphatic heterocycles. The number of fused-ring (bicyclic) bond motifs is 6. The molecule has 0 atom stereocenters. The number of hydrogen-bond donors (Lipinski definition) is 0. The van der Waals surface area contributed by atoms with Gasteiger partial charge >= 0.3 is 0 Å². The molecule has 9 aromatic carbocycles. The van der Waals surface area contributed by atoms with Crippen molar-refractivity contribution < 1.29 is 4.42 Å². The molecule has 0 unspecified atom stereocenters. The fourth-order valence-electron chi connectivity index (χ4n) is 9.72. The van der Waals surface area contributed by atoms with Gasteiger partial charge in [0.1, 0.15) is 11.2 Å². The van der Waals surface area contributed by atoms with Crippen molar-refractivity contribution in [2.45, 2.75) is 19.3 Å². The molecule has 0 spiro atoms. The molecule has 2 heterocycles. The van der Waals surface area contributed by atoms with Gasteiger partial charge in [-0.1, -0.05) is 129 Å². The Labute approximate surface area is 306 Å². The van der Waals surface area contributed by atoms with Crippen LogP contribution >= 0.6 is 0 Å². The van der Waals surface area contributed by atoms with Crippen molar-refractivity contribution in [2.75, 3.05) is 0 Å². The van der Waals surface area contributed by atoms with Crippen LogP contribution in [0.3, 0.4) is 0 Å². The van der Waals surface area contributed by atoms with E-state index in [2.05, 4.69) is 182 Å². The average molecular weight is 676 g/mol. The van der Waals surface area contributed by atoms with Crippen molar-refractivity contribution in [3.8, 4) is 39.1 Å². The fourth-order valence-corrected chi connectivity index (χ4v) is 9.72. The summed E-state index contributed by atoms with van der Waals surface area (Å²) in [5, 5.41) is 9.84. The Morgan fingerprint density at radius 3 is 1.87 bits per heavy atom. The van der Waals surface area contributed by atoms with Crippen molar-refractivity contribution in [1.29, 1.82) is 0 Å². The van der Waals surface area contributed by atoms with Gasteiger partial charge in [-0.25, -0.2) is 0 Å². The number of furan rings is 1. The van der Waals surface area contributed by atoms with Crippen LogP contribution in [0.5, 0.6) is 0 Å². The second-order valence-electron chi connectivity index (χ2n) is 15.3. The van der Waals surface area contributed by atoms with Crippen LogP contribution in [0.2, 0.25) is 0 Å². The van der Waals surface area contributed by atoms with Gasteiger partial charge in [0.2, 0.25) is 0 Å². The number of rotatable bonds is 3. The molecule has 1 aliphatic carbocycles. The van der Waals surface area contributed by atoms with Crippen molar-refractivity contribution in [2.24, 2.45) is 0 Å².